The van der Waals surface area contributed by atoms with E-state index < -0.39 is 23.5 Å². The van der Waals surface area contributed by atoms with E-state index in [2.05, 4.69) is 35.9 Å². The van der Waals surface area contributed by atoms with Gasteiger partial charge in [-0.15, -0.1) is 0 Å². The molecule has 1 fully saturated rings. The lowest BCUT2D eigenvalue weighted by molar-refractivity contribution is -0.143. The number of nitrogens with two attached hydrogens (primary N) is 1. The summed E-state index contributed by atoms with van der Waals surface area (Å²) in [5, 5.41) is 0. The molecular weight excluding hydrogens is 606 g/mol. The van der Waals surface area contributed by atoms with Gasteiger partial charge in [-0.2, -0.15) is 31.3 Å². The number of ether oxygens (including phenoxy) is 1. The van der Waals surface area contributed by atoms with Gasteiger partial charge in [-0.05, 0) is 65.0 Å². The second-order valence-electron chi connectivity index (χ2n) is 9.69. The Balaban J connectivity index is 1.77. The molecule has 2 heterocycles. The van der Waals surface area contributed by atoms with Crippen molar-refractivity contribution in [2.75, 3.05) is 18.6 Å². The van der Waals surface area contributed by atoms with Crippen LogP contribution in [0.5, 0.6) is 6.01 Å². The van der Waals surface area contributed by atoms with Crippen LogP contribution in [0.2, 0.25) is 0 Å². The summed E-state index contributed by atoms with van der Waals surface area (Å²) in [6.45, 7) is 0.0850. The topological polar surface area (TPSA) is 90.0 Å². The van der Waals surface area contributed by atoms with Gasteiger partial charge in [-0.3, -0.25) is 0 Å². The van der Waals surface area contributed by atoms with Crippen molar-refractivity contribution in [3.63, 3.8) is 0 Å². The summed E-state index contributed by atoms with van der Waals surface area (Å²) in [7, 11) is 1.44. The van der Waals surface area contributed by atoms with Gasteiger partial charge >= 0.3 is 18.4 Å². The van der Waals surface area contributed by atoms with Crippen molar-refractivity contribution in [3.05, 3.63) is 69.2 Å². The maximum atomic E-state index is 13.5. The van der Waals surface area contributed by atoms with Crippen molar-refractivity contribution in [1.29, 1.82) is 0 Å². The molecule has 0 bridgehead atoms. The molecule has 2 aromatic heterocycles. The highest BCUT2D eigenvalue weighted by atomic mass is 79.9. The van der Waals surface area contributed by atoms with Crippen molar-refractivity contribution in [2.24, 2.45) is 11.7 Å². The Morgan fingerprint density at radius 1 is 0.975 bits per heavy atom. The first-order valence-corrected chi connectivity index (χ1v) is 13.3. The van der Waals surface area contributed by atoms with E-state index in [9.17, 15) is 26.3 Å². The summed E-state index contributed by atoms with van der Waals surface area (Å²) in [6, 6.07) is 1.67. The van der Waals surface area contributed by atoms with Crippen LogP contribution in [0.15, 0.2) is 41.3 Å². The van der Waals surface area contributed by atoms with E-state index >= 15 is 0 Å². The minimum atomic E-state index is -4.97. The first kappa shape index (κ1) is 30.0. The SMILES string of the molecule is COc1ncc(CN(Cc2cc(C(F)(F)F)cc(C(F)(F)F)c2)c2ncc(Br)cn2)c(C(CCN)CC2CC2)n1. The quantitative estimate of drug-likeness (QED) is 0.241. The molecule has 1 aliphatic rings. The molecule has 1 aliphatic carbocycles. The van der Waals surface area contributed by atoms with E-state index in [4.69, 9.17) is 10.5 Å². The number of rotatable bonds is 11. The third-order valence-corrected chi connectivity index (χ3v) is 6.96. The summed E-state index contributed by atoms with van der Waals surface area (Å²) in [6.07, 6.45) is -1.80. The van der Waals surface area contributed by atoms with Crippen molar-refractivity contribution in [1.82, 2.24) is 19.9 Å². The molecule has 1 atom stereocenters. The normalized spacial score (nSPS) is 14.7. The van der Waals surface area contributed by atoms with Crippen molar-refractivity contribution < 1.29 is 31.1 Å². The Morgan fingerprint density at radius 2 is 1.60 bits per heavy atom. The molecule has 2 N–H and O–H groups in total. The number of benzene rings is 1. The highest BCUT2D eigenvalue weighted by molar-refractivity contribution is 9.10. The molecule has 7 nitrogen and oxygen atoms in total. The average Bonchev–Trinajstić information content (AvgIpc) is 3.72. The first-order chi connectivity index (χ1) is 18.9. The van der Waals surface area contributed by atoms with Crippen LogP contribution < -0.4 is 15.4 Å². The van der Waals surface area contributed by atoms with Crippen LogP contribution in [0.25, 0.3) is 0 Å². The molecule has 1 aromatic carbocycles. The van der Waals surface area contributed by atoms with E-state index in [1.54, 1.807) is 6.20 Å². The summed E-state index contributed by atoms with van der Waals surface area (Å²) in [5.74, 6) is 0.623. The molecule has 14 heteroatoms. The molecule has 0 spiro atoms. The third kappa shape index (κ3) is 7.80. The van der Waals surface area contributed by atoms with Crippen LogP contribution in [0.1, 0.15) is 59.5 Å². The van der Waals surface area contributed by atoms with Crippen LogP contribution in [-0.4, -0.2) is 33.6 Å². The van der Waals surface area contributed by atoms with Crippen LogP contribution in [0.3, 0.4) is 0 Å². The van der Waals surface area contributed by atoms with Crippen LogP contribution >= 0.6 is 15.9 Å². The predicted molar refractivity (Wildman–Crippen MR) is 138 cm³/mol. The number of alkyl halides is 6. The van der Waals surface area contributed by atoms with Crippen LogP contribution in [0.4, 0.5) is 32.3 Å². The Kier molecular flexibility index (Phi) is 9.18. The fraction of sp³-hybridized carbons (Fsp3) is 0.462. The maximum Gasteiger partial charge on any atom is 0.416 e. The molecule has 0 aliphatic heterocycles. The van der Waals surface area contributed by atoms with Gasteiger partial charge in [0, 0.05) is 43.2 Å². The zero-order valence-corrected chi connectivity index (χ0v) is 23.0. The van der Waals surface area contributed by atoms with E-state index in [1.807, 2.05) is 0 Å². The largest absolute Gasteiger partial charge is 0.467 e. The number of methoxy groups -OCH3 is 1. The molecule has 1 saturated carbocycles. The van der Waals surface area contributed by atoms with Gasteiger partial charge in [0.25, 0.3) is 0 Å². The summed E-state index contributed by atoms with van der Waals surface area (Å²) < 4.78 is 87.0. The fourth-order valence-electron chi connectivity index (χ4n) is 4.50. The highest BCUT2D eigenvalue weighted by Crippen LogP contribution is 2.41. The average molecular weight is 633 g/mol. The molecule has 1 unspecified atom stereocenters. The molecule has 3 aromatic rings. The monoisotopic (exact) mass is 632 g/mol. The molecule has 0 radical (unpaired) electrons. The van der Waals surface area contributed by atoms with Gasteiger partial charge < -0.3 is 15.4 Å². The number of nitrogens with zero attached hydrogens (tertiary/aromatic N) is 5. The highest BCUT2D eigenvalue weighted by Gasteiger charge is 2.37. The van der Waals surface area contributed by atoms with Crippen molar-refractivity contribution in [2.45, 2.75) is 57.0 Å². The molecule has 0 amide bonds. The first-order valence-electron chi connectivity index (χ1n) is 12.5. The Bertz CT molecular complexity index is 1270. The second kappa shape index (κ2) is 12.2. The summed E-state index contributed by atoms with van der Waals surface area (Å²) in [4.78, 5) is 18.8. The Morgan fingerprint density at radius 3 is 2.12 bits per heavy atom. The number of aromatic nitrogens is 4. The zero-order chi connectivity index (χ0) is 29.1. The molecule has 0 saturated heterocycles. The van der Waals surface area contributed by atoms with Crippen molar-refractivity contribution >= 4 is 21.9 Å². The van der Waals surface area contributed by atoms with Gasteiger partial charge in [0.2, 0.25) is 5.95 Å². The second-order valence-corrected chi connectivity index (χ2v) is 10.6. The maximum absolute atomic E-state index is 13.5. The van der Waals surface area contributed by atoms with Crippen molar-refractivity contribution in [3.8, 4) is 6.01 Å². The lowest BCUT2D eigenvalue weighted by Crippen LogP contribution is -2.26. The van der Waals surface area contributed by atoms with Gasteiger partial charge in [0.05, 0.1) is 28.4 Å². The van der Waals surface area contributed by atoms with E-state index in [0.717, 1.165) is 19.3 Å². The van der Waals surface area contributed by atoms with E-state index in [1.165, 1.54) is 24.4 Å². The number of hydrogen-bond donors (Lipinski definition) is 1. The summed E-state index contributed by atoms with van der Waals surface area (Å²) in [5.41, 5.74) is 4.20. The smallest absolute Gasteiger partial charge is 0.416 e. The Labute approximate surface area is 235 Å². The zero-order valence-electron chi connectivity index (χ0n) is 21.4. The molecule has 4 rings (SSSR count). The van der Waals surface area contributed by atoms with Gasteiger partial charge in [0.1, 0.15) is 0 Å². The minimum Gasteiger partial charge on any atom is -0.467 e. The van der Waals surface area contributed by atoms with Crippen LogP contribution in [0, 0.1) is 5.92 Å². The summed E-state index contributed by atoms with van der Waals surface area (Å²) >= 11 is 3.24. The molecule has 40 heavy (non-hydrogen) atoms. The number of hydrogen-bond acceptors (Lipinski definition) is 7. The third-order valence-electron chi connectivity index (χ3n) is 6.55. The number of halogens is 7. The number of anilines is 1. The predicted octanol–water partition coefficient (Wildman–Crippen LogP) is 6.51. The van der Waals surface area contributed by atoms with Gasteiger partial charge in [-0.1, -0.05) is 12.8 Å². The van der Waals surface area contributed by atoms with Crippen LogP contribution in [-0.2, 0) is 25.4 Å². The molecule has 216 valence electrons. The van der Waals surface area contributed by atoms with E-state index in [-0.39, 0.29) is 42.6 Å². The minimum absolute atomic E-state index is 0.0181. The van der Waals surface area contributed by atoms with Gasteiger partial charge in [0.15, 0.2) is 0 Å². The van der Waals surface area contributed by atoms with E-state index in [0.29, 0.717) is 46.7 Å². The fourth-order valence-corrected chi connectivity index (χ4v) is 4.71. The lowest BCUT2D eigenvalue weighted by atomic mass is 9.91. The Hall–Kier alpha value is -3.00. The molecular formula is C26H27BrF6N6O. The van der Waals surface area contributed by atoms with Gasteiger partial charge in [-0.25, -0.2) is 15.0 Å². The standard InChI is InChI=1S/C26H27BrF6N6O/c1-40-24-37-10-18(22(38-24)17(4-5-34)6-15-2-3-15)14-39(23-35-11-21(27)12-36-23)13-16-7-19(25(28,29)30)9-20(8-16)26(31,32)33/h7-12,15,17H,2-6,13-14,34H2,1H3. The lowest BCUT2D eigenvalue weighted by Gasteiger charge is -2.26.